The number of ether oxygens (including phenoxy) is 2. The first-order valence-electron chi connectivity index (χ1n) is 9.07. The zero-order valence-corrected chi connectivity index (χ0v) is 17.5. The third-order valence-electron chi connectivity index (χ3n) is 4.50. The predicted molar refractivity (Wildman–Crippen MR) is 106 cm³/mol. The highest BCUT2D eigenvalue weighted by Gasteiger charge is 2.52. The van der Waals surface area contributed by atoms with Crippen LogP contribution in [-0.2, 0) is 23.9 Å². The lowest BCUT2D eigenvalue weighted by molar-refractivity contribution is -0.143. The molecule has 3 heterocycles. The van der Waals surface area contributed by atoms with Gasteiger partial charge in [-0.25, -0.2) is 4.79 Å². The minimum absolute atomic E-state index is 0.0650. The highest BCUT2D eigenvalue weighted by atomic mass is 32.2. The van der Waals surface area contributed by atoms with E-state index in [-0.39, 0.29) is 30.0 Å². The molecular weight excluding hydrogens is 386 g/mol. The maximum absolute atomic E-state index is 13.2. The van der Waals surface area contributed by atoms with Crippen LogP contribution in [0.3, 0.4) is 0 Å². The second-order valence-electron chi connectivity index (χ2n) is 6.30. The summed E-state index contributed by atoms with van der Waals surface area (Å²) < 4.78 is 11.2. The van der Waals surface area contributed by atoms with Crippen LogP contribution in [0.1, 0.15) is 34.1 Å². The molecule has 146 valence electrons. The van der Waals surface area contributed by atoms with E-state index in [4.69, 9.17) is 9.47 Å². The van der Waals surface area contributed by atoms with Crippen molar-refractivity contribution in [1.82, 2.24) is 4.90 Å². The number of nitrogens with zero attached hydrogens (tertiary/aromatic N) is 1. The molecule has 2 atom stereocenters. The van der Waals surface area contributed by atoms with Crippen molar-refractivity contribution in [2.75, 3.05) is 19.0 Å². The molecule has 27 heavy (non-hydrogen) atoms. The van der Waals surface area contributed by atoms with Crippen LogP contribution in [0.4, 0.5) is 0 Å². The van der Waals surface area contributed by atoms with Gasteiger partial charge in [-0.15, -0.1) is 11.8 Å². The molecule has 0 bridgehead atoms. The molecule has 8 heteroatoms. The molecule has 3 aliphatic rings. The molecule has 0 spiro atoms. The van der Waals surface area contributed by atoms with Gasteiger partial charge in [0.1, 0.15) is 16.5 Å². The van der Waals surface area contributed by atoms with Gasteiger partial charge in [-0.1, -0.05) is 24.3 Å². The average molecular weight is 410 g/mol. The summed E-state index contributed by atoms with van der Waals surface area (Å²) in [5.74, 6) is -0.453. The summed E-state index contributed by atoms with van der Waals surface area (Å²) in [6.45, 7) is 7.94. The van der Waals surface area contributed by atoms with E-state index in [9.17, 15) is 14.4 Å². The highest BCUT2D eigenvalue weighted by Crippen LogP contribution is 2.52. The molecule has 0 saturated heterocycles. The van der Waals surface area contributed by atoms with Crippen LogP contribution in [0.15, 0.2) is 32.9 Å². The van der Waals surface area contributed by atoms with Crippen LogP contribution in [-0.4, -0.2) is 52.9 Å². The monoisotopic (exact) mass is 409 g/mol. The molecule has 0 aromatic heterocycles. The molecular formula is C19H23NO5S2. The van der Waals surface area contributed by atoms with Crippen LogP contribution in [0.5, 0.6) is 0 Å². The molecule has 0 aliphatic carbocycles. The molecule has 0 amide bonds. The van der Waals surface area contributed by atoms with E-state index in [0.717, 1.165) is 15.6 Å². The Balaban J connectivity index is 2.15. The van der Waals surface area contributed by atoms with E-state index in [1.54, 1.807) is 13.8 Å². The third-order valence-corrected chi connectivity index (χ3v) is 7.05. The fraction of sp³-hybridized carbons (Fsp3) is 0.526. The van der Waals surface area contributed by atoms with Crippen LogP contribution in [0, 0.1) is 0 Å². The Hall–Kier alpha value is -1.67. The van der Waals surface area contributed by atoms with Gasteiger partial charge in [0.25, 0.3) is 0 Å². The summed E-state index contributed by atoms with van der Waals surface area (Å²) in [4.78, 5) is 40.2. The Labute approximate surface area is 167 Å². The Kier molecular flexibility index (Phi) is 6.05. The zero-order chi connectivity index (χ0) is 19.7. The second-order valence-corrected chi connectivity index (χ2v) is 8.99. The van der Waals surface area contributed by atoms with Gasteiger partial charge in [-0.2, -0.15) is 0 Å². The maximum atomic E-state index is 13.2. The molecule has 0 saturated carbocycles. The zero-order valence-electron chi connectivity index (χ0n) is 15.9. The number of hydrogen-bond acceptors (Lipinski definition) is 8. The van der Waals surface area contributed by atoms with Gasteiger partial charge in [-0.3, -0.25) is 9.59 Å². The third kappa shape index (κ3) is 3.45. The quantitative estimate of drug-likeness (QED) is 0.490. The van der Waals surface area contributed by atoms with Crippen LogP contribution in [0.2, 0.25) is 0 Å². The van der Waals surface area contributed by atoms with E-state index in [1.165, 1.54) is 23.5 Å². The van der Waals surface area contributed by atoms with E-state index in [1.807, 2.05) is 24.8 Å². The Morgan fingerprint density at radius 1 is 1.26 bits per heavy atom. The number of Topliss-reactive ketones (excluding diaryl/α,β-unsaturated/α-hetero) is 1. The Morgan fingerprint density at radius 2 is 1.96 bits per heavy atom. The van der Waals surface area contributed by atoms with Crippen LogP contribution in [0.25, 0.3) is 0 Å². The lowest BCUT2D eigenvalue weighted by Gasteiger charge is -2.42. The van der Waals surface area contributed by atoms with E-state index in [2.05, 4.69) is 0 Å². The van der Waals surface area contributed by atoms with Gasteiger partial charge in [0.05, 0.1) is 29.2 Å². The number of esters is 2. The maximum Gasteiger partial charge on any atom is 0.344 e. The van der Waals surface area contributed by atoms with Gasteiger partial charge < -0.3 is 14.4 Å². The second kappa shape index (κ2) is 8.14. The Bertz CT molecular complexity index is 783. The summed E-state index contributed by atoms with van der Waals surface area (Å²) in [5.41, 5.74) is 2.13. The van der Waals surface area contributed by atoms with Crippen LogP contribution >= 0.6 is 23.5 Å². The number of rotatable bonds is 6. The topological polar surface area (TPSA) is 72.9 Å². The molecule has 0 unspecified atom stereocenters. The van der Waals surface area contributed by atoms with Gasteiger partial charge >= 0.3 is 11.9 Å². The van der Waals surface area contributed by atoms with E-state index >= 15 is 0 Å². The first-order chi connectivity index (χ1) is 12.9. The molecule has 3 aliphatic heterocycles. The molecule has 0 N–H and O–H groups in total. The number of ketones is 1. The molecule has 6 nitrogen and oxygen atoms in total. The summed E-state index contributed by atoms with van der Waals surface area (Å²) in [6.07, 6.45) is 2.50. The first kappa shape index (κ1) is 20.1. The summed E-state index contributed by atoms with van der Waals surface area (Å²) in [5, 5.41) is -0.448. The van der Waals surface area contributed by atoms with Crippen molar-refractivity contribution in [2.24, 2.45) is 0 Å². The standard InChI is InChI=1S/C19H23NO5S2/c1-5-24-17(22)13-11-8-10(4)9-12-16(18(23)25-6-2)27-19(26-7-3)14(15(13)21)20(11)12/h8,12,16H,5-7,9H2,1-4H3/t12-,16+/m0/s1. The number of carbonyl (C=O) groups is 3. The van der Waals surface area contributed by atoms with Crippen molar-refractivity contribution in [3.8, 4) is 0 Å². The van der Waals surface area contributed by atoms with Crippen molar-refractivity contribution in [2.45, 2.75) is 45.4 Å². The molecule has 0 aromatic carbocycles. The number of thioether (sulfide) groups is 2. The molecule has 3 rings (SSSR count). The Morgan fingerprint density at radius 3 is 2.59 bits per heavy atom. The minimum atomic E-state index is -0.609. The van der Waals surface area contributed by atoms with E-state index in [0.29, 0.717) is 24.4 Å². The van der Waals surface area contributed by atoms with Crippen molar-refractivity contribution < 1.29 is 23.9 Å². The normalized spacial score (nSPS) is 24.1. The number of allylic oxidation sites excluding steroid dienone is 2. The SMILES string of the molecule is CCOC(=O)C1=C2C=C(C)C[C@H]3[C@H](C(=O)OCC)SC(SCC)=C(C1=O)N23. The number of carbonyl (C=O) groups excluding carboxylic acids is 3. The molecule has 0 fully saturated rings. The fourth-order valence-corrected chi connectivity index (χ4v) is 6.13. The lowest BCUT2D eigenvalue weighted by Crippen LogP contribution is -2.48. The average Bonchev–Trinajstić information content (AvgIpc) is 2.90. The van der Waals surface area contributed by atoms with Gasteiger partial charge in [0, 0.05) is 0 Å². The predicted octanol–water partition coefficient (Wildman–Crippen LogP) is 3.01. The summed E-state index contributed by atoms with van der Waals surface area (Å²) >= 11 is 2.89. The minimum Gasteiger partial charge on any atom is -0.465 e. The van der Waals surface area contributed by atoms with Gasteiger partial charge in [0.2, 0.25) is 5.78 Å². The molecule has 0 radical (unpaired) electrons. The van der Waals surface area contributed by atoms with Gasteiger partial charge in [0.15, 0.2) is 0 Å². The van der Waals surface area contributed by atoms with Crippen molar-refractivity contribution in [3.05, 3.63) is 32.9 Å². The summed E-state index contributed by atoms with van der Waals surface area (Å²) in [6, 6.07) is -0.249. The molecule has 0 aromatic rings. The largest absolute Gasteiger partial charge is 0.465 e. The first-order valence-corrected chi connectivity index (χ1v) is 10.9. The fourth-order valence-electron chi connectivity index (χ4n) is 3.53. The summed E-state index contributed by atoms with van der Waals surface area (Å²) in [7, 11) is 0. The smallest absolute Gasteiger partial charge is 0.344 e. The number of hydrogen-bond donors (Lipinski definition) is 0. The van der Waals surface area contributed by atoms with Crippen LogP contribution < -0.4 is 0 Å². The highest BCUT2D eigenvalue weighted by molar-refractivity contribution is 8.22. The lowest BCUT2D eigenvalue weighted by atomic mass is 9.96. The van der Waals surface area contributed by atoms with E-state index < -0.39 is 11.2 Å². The van der Waals surface area contributed by atoms with Gasteiger partial charge in [-0.05, 0) is 39.0 Å². The van der Waals surface area contributed by atoms with Crippen molar-refractivity contribution in [1.29, 1.82) is 0 Å². The van der Waals surface area contributed by atoms with Crippen molar-refractivity contribution >= 4 is 41.2 Å². The van der Waals surface area contributed by atoms with Crippen molar-refractivity contribution in [3.63, 3.8) is 0 Å².